The Morgan fingerprint density at radius 1 is 0.766 bits per heavy atom. The molecule has 0 bridgehead atoms. The van der Waals surface area contributed by atoms with E-state index in [0.29, 0.717) is 25.7 Å². The van der Waals surface area contributed by atoms with Crippen LogP contribution in [0.5, 0.6) is 5.75 Å². The Labute approximate surface area is 287 Å². The average molecular weight is 656 g/mol. The molecule has 1 aromatic rings. The quantitative estimate of drug-likeness (QED) is 0.204. The van der Waals surface area contributed by atoms with Gasteiger partial charge in [-0.2, -0.15) is 0 Å². The van der Waals surface area contributed by atoms with Gasteiger partial charge in [-0.3, -0.25) is 9.59 Å². The first-order valence-corrected chi connectivity index (χ1v) is 18.2. The monoisotopic (exact) mass is 656 g/mol. The zero-order valence-electron chi connectivity index (χ0n) is 32.8. The van der Waals surface area contributed by atoms with Crippen LogP contribution in [0.4, 0.5) is 0 Å². The molecule has 0 spiro atoms. The summed E-state index contributed by atoms with van der Waals surface area (Å²) in [7, 11) is 0. The summed E-state index contributed by atoms with van der Waals surface area (Å²) in [4.78, 5) is 29.7. The average Bonchev–Trinajstić information content (AvgIpc) is 2.81. The van der Waals surface area contributed by atoms with Crippen molar-refractivity contribution in [3.8, 4) is 5.75 Å². The Morgan fingerprint density at radius 2 is 1.17 bits per heavy atom. The molecular formula is C41H69NO5. The van der Waals surface area contributed by atoms with Crippen LogP contribution in [0.3, 0.4) is 0 Å². The van der Waals surface area contributed by atoms with E-state index >= 15 is 0 Å². The largest absolute Gasteiger partial charge is 0.507 e. The van der Waals surface area contributed by atoms with Crippen LogP contribution in [0.2, 0.25) is 0 Å². The number of unbranched alkanes of at least 4 members (excludes halogenated alkanes) is 1. The molecule has 2 aliphatic rings. The third-order valence-electron chi connectivity index (χ3n) is 10.2. The molecule has 1 aromatic carbocycles. The minimum Gasteiger partial charge on any atom is -0.507 e. The van der Waals surface area contributed by atoms with Crippen LogP contribution < -0.4 is 5.32 Å². The van der Waals surface area contributed by atoms with Crippen LogP contribution >= 0.6 is 0 Å². The summed E-state index contributed by atoms with van der Waals surface area (Å²) in [6.07, 6.45) is 5.31. The van der Waals surface area contributed by atoms with Gasteiger partial charge < -0.3 is 19.9 Å². The van der Waals surface area contributed by atoms with Gasteiger partial charge in [0.05, 0.1) is 0 Å². The van der Waals surface area contributed by atoms with Crippen molar-refractivity contribution in [3.05, 3.63) is 28.8 Å². The fourth-order valence-corrected chi connectivity index (χ4v) is 8.96. The molecule has 1 saturated carbocycles. The zero-order chi connectivity index (χ0) is 36.0. The second-order valence-corrected chi connectivity index (χ2v) is 20.2. The van der Waals surface area contributed by atoms with Gasteiger partial charge in [0, 0.05) is 23.9 Å². The van der Waals surface area contributed by atoms with E-state index in [1.54, 1.807) is 0 Å². The molecule has 1 aliphatic carbocycles. The SMILES string of the molecule is CCCCC(Cc1cc(C(C)(C)C)c(O)c(C(C)(C)C)c1)(C(=O)OC1CC(C)(C)CC(C)(C)C1)C(=O)OC1CC(C)(C)NC(C)(C)C1. The summed E-state index contributed by atoms with van der Waals surface area (Å²) >= 11 is 0. The Balaban J connectivity index is 2.18. The van der Waals surface area contributed by atoms with Gasteiger partial charge in [-0.1, -0.05) is 101 Å². The molecule has 6 heteroatoms. The van der Waals surface area contributed by atoms with Gasteiger partial charge in [0.15, 0.2) is 5.41 Å². The first kappa shape index (κ1) is 39.4. The lowest BCUT2D eigenvalue weighted by Gasteiger charge is -2.47. The number of nitrogens with one attached hydrogen (secondary N) is 1. The van der Waals surface area contributed by atoms with Crippen molar-refractivity contribution in [1.29, 1.82) is 0 Å². The molecule has 1 atom stereocenters. The van der Waals surface area contributed by atoms with E-state index in [2.05, 4.69) is 109 Å². The number of aromatic hydroxyl groups is 1. The highest BCUT2D eigenvalue weighted by Gasteiger charge is 2.52. The predicted octanol–water partition coefficient (Wildman–Crippen LogP) is 9.71. The standard InChI is InChI=1S/C41H69NO5/c1-16-17-18-41(33(44)46-28-22-37(8,9)26-38(10,11)23-28,34(45)47-29-24-39(12,13)42-40(14,15)25-29)21-27-19-30(35(2,3)4)32(43)31(20-27)36(5,6)7/h19-20,28-29,42-43H,16-18,21-26H2,1-15H3. The Kier molecular flexibility index (Phi) is 11.2. The molecule has 1 saturated heterocycles. The minimum atomic E-state index is -1.51. The molecule has 0 aromatic heterocycles. The van der Waals surface area contributed by atoms with Gasteiger partial charge >= 0.3 is 11.9 Å². The molecule has 2 N–H and O–H groups in total. The number of esters is 2. The smallest absolute Gasteiger partial charge is 0.324 e. The molecule has 3 rings (SSSR count). The number of carbonyl (C=O) groups is 2. The summed E-state index contributed by atoms with van der Waals surface area (Å²) < 4.78 is 13.0. The fraction of sp³-hybridized carbons (Fsp3) is 0.805. The summed E-state index contributed by atoms with van der Waals surface area (Å²) in [6, 6.07) is 3.99. The van der Waals surface area contributed by atoms with Gasteiger partial charge in [-0.25, -0.2) is 0 Å². The molecule has 1 unspecified atom stereocenters. The van der Waals surface area contributed by atoms with Crippen LogP contribution in [-0.4, -0.2) is 40.3 Å². The molecule has 268 valence electrons. The van der Waals surface area contributed by atoms with E-state index < -0.39 is 17.4 Å². The fourth-order valence-electron chi connectivity index (χ4n) is 8.96. The molecular weight excluding hydrogens is 586 g/mol. The highest BCUT2D eigenvalue weighted by molar-refractivity contribution is 6.00. The van der Waals surface area contributed by atoms with Crippen LogP contribution in [0.25, 0.3) is 0 Å². The summed E-state index contributed by atoms with van der Waals surface area (Å²) in [5.41, 5.74) is -0.153. The Hall–Kier alpha value is -2.08. The summed E-state index contributed by atoms with van der Waals surface area (Å²) in [5.74, 6) is -0.667. The number of piperidine rings is 1. The summed E-state index contributed by atoms with van der Waals surface area (Å²) in [5, 5.41) is 15.2. The highest BCUT2D eigenvalue weighted by Crippen LogP contribution is 2.48. The van der Waals surface area contributed by atoms with Crippen LogP contribution in [0.15, 0.2) is 12.1 Å². The Bertz CT molecular complexity index is 1170. The molecule has 1 heterocycles. The third-order valence-corrected chi connectivity index (χ3v) is 10.2. The van der Waals surface area contributed by atoms with Gasteiger partial charge in [0.25, 0.3) is 0 Å². The number of carbonyl (C=O) groups excluding carboxylic acids is 2. The van der Waals surface area contributed by atoms with Gasteiger partial charge in [-0.05, 0) is 98.1 Å². The van der Waals surface area contributed by atoms with Crippen LogP contribution in [0, 0.1) is 16.2 Å². The number of hydrogen-bond acceptors (Lipinski definition) is 6. The molecule has 6 nitrogen and oxygen atoms in total. The van der Waals surface area contributed by atoms with E-state index in [-0.39, 0.29) is 57.1 Å². The first-order valence-electron chi connectivity index (χ1n) is 18.2. The third kappa shape index (κ3) is 9.98. The van der Waals surface area contributed by atoms with Crippen molar-refractivity contribution in [3.63, 3.8) is 0 Å². The maximum absolute atomic E-state index is 14.8. The van der Waals surface area contributed by atoms with Crippen molar-refractivity contribution in [2.75, 3.05) is 0 Å². The lowest BCUT2D eigenvalue weighted by molar-refractivity contribution is -0.184. The topological polar surface area (TPSA) is 84.9 Å². The van der Waals surface area contributed by atoms with Crippen LogP contribution in [-0.2, 0) is 36.3 Å². The second kappa shape index (κ2) is 13.3. The van der Waals surface area contributed by atoms with E-state index in [4.69, 9.17) is 9.47 Å². The van der Waals surface area contributed by atoms with Crippen LogP contribution in [0.1, 0.15) is 172 Å². The number of phenolic OH excluding ortho intramolecular Hbond substituents is 1. The maximum Gasteiger partial charge on any atom is 0.324 e. The van der Waals surface area contributed by atoms with Crippen molar-refractivity contribution in [1.82, 2.24) is 5.32 Å². The van der Waals surface area contributed by atoms with E-state index in [1.165, 1.54) is 0 Å². The molecule has 0 amide bonds. The number of benzene rings is 1. The van der Waals surface area contributed by atoms with Gasteiger partial charge in [-0.15, -0.1) is 0 Å². The normalized spacial score (nSPS) is 22.7. The minimum absolute atomic E-state index is 0.0196. The molecule has 47 heavy (non-hydrogen) atoms. The lowest BCUT2D eigenvalue weighted by Crippen LogP contribution is -2.60. The lowest BCUT2D eigenvalue weighted by atomic mass is 9.64. The van der Waals surface area contributed by atoms with Gasteiger partial charge in [0.1, 0.15) is 18.0 Å². The second-order valence-electron chi connectivity index (χ2n) is 20.2. The number of rotatable bonds is 9. The van der Waals surface area contributed by atoms with Crippen molar-refractivity contribution < 1.29 is 24.2 Å². The zero-order valence-corrected chi connectivity index (χ0v) is 32.8. The molecule has 1 aliphatic heterocycles. The van der Waals surface area contributed by atoms with Crippen molar-refractivity contribution >= 4 is 11.9 Å². The maximum atomic E-state index is 14.8. The van der Waals surface area contributed by atoms with E-state index in [0.717, 1.165) is 42.4 Å². The predicted molar refractivity (Wildman–Crippen MR) is 193 cm³/mol. The number of phenols is 1. The molecule has 2 fully saturated rings. The Morgan fingerprint density at radius 3 is 1.55 bits per heavy atom. The number of hydrogen-bond donors (Lipinski definition) is 2. The van der Waals surface area contributed by atoms with Gasteiger partial charge in [0.2, 0.25) is 0 Å². The number of ether oxygens (including phenoxy) is 2. The van der Waals surface area contributed by atoms with Crippen molar-refractivity contribution in [2.24, 2.45) is 16.2 Å². The van der Waals surface area contributed by atoms with E-state index in [1.807, 2.05) is 12.1 Å². The summed E-state index contributed by atoms with van der Waals surface area (Å²) in [6.45, 7) is 32.1. The highest BCUT2D eigenvalue weighted by atomic mass is 16.6. The van der Waals surface area contributed by atoms with E-state index in [9.17, 15) is 14.7 Å². The molecule has 0 radical (unpaired) electrons. The van der Waals surface area contributed by atoms with Crippen molar-refractivity contribution in [2.45, 2.75) is 196 Å². The first-order chi connectivity index (χ1) is 21.1.